The zero-order valence-electron chi connectivity index (χ0n) is 15.0. The van der Waals surface area contributed by atoms with Gasteiger partial charge in [-0.05, 0) is 48.7 Å². The standard InChI is InChI=1S/C20H25N3O3/c1-25-16-5-7-17(8-6-16)26-18-13-15(9-12-22-18)14-23-19(24)20(21)10-3-2-4-11-20/h5-9,12-13H,2-4,10-11,14,21H2,1H3,(H,23,24). The molecule has 1 aliphatic rings. The molecule has 0 radical (unpaired) electrons. The molecule has 0 aliphatic heterocycles. The average Bonchev–Trinajstić information content (AvgIpc) is 2.67. The van der Waals surface area contributed by atoms with Crippen LogP contribution < -0.4 is 20.5 Å². The van der Waals surface area contributed by atoms with Gasteiger partial charge in [-0.1, -0.05) is 19.3 Å². The van der Waals surface area contributed by atoms with Crippen molar-refractivity contribution in [2.75, 3.05) is 7.11 Å². The van der Waals surface area contributed by atoms with Crippen molar-refractivity contribution in [2.45, 2.75) is 44.2 Å². The molecule has 0 bridgehead atoms. The first-order valence-electron chi connectivity index (χ1n) is 8.93. The van der Waals surface area contributed by atoms with E-state index in [0.29, 0.717) is 18.2 Å². The number of nitrogens with one attached hydrogen (secondary N) is 1. The number of nitrogens with two attached hydrogens (primary N) is 1. The highest BCUT2D eigenvalue weighted by molar-refractivity contribution is 5.86. The van der Waals surface area contributed by atoms with E-state index in [0.717, 1.165) is 43.4 Å². The lowest BCUT2D eigenvalue weighted by atomic mass is 9.82. The highest BCUT2D eigenvalue weighted by Gasteiger charge is 2.34. The molecule has 1 fully saturated rings. The van der Waals surface area contributed by atoms with Crippen LogP contribution >= 0.6 is 0 Å². The molecule has 2 aromatic rings. The zero-order valence-corrected chi connectivity index (χ0v) is 15.0. The van der Waals surface area contributed by atoms with Gasteiger partial charge in [-0.25, -0.2) is 4.98 Å². The van der Waals surface area contributed by atoms with Crippen LogP contribution in [0.1, 0.15) is 37.7 Å². The molecule has 138 valence electrons. The number of ether oxygens (including phenoxy) is 2. The van der Waals surface area contributed by atoms with Crippen molar-refractivity contribution in [3.8, 4) is 17.4 Å². The summed E-state index contributed by atoms with van der Waals surface area (Å²) in [5, 5.41) is 2.95. The molecule has 6 heteroatoms. The predicted octanol–water partition coefficient (Wildman–Crippen LogP) is 3.16. The van der Waals surface area contributed by atoms with Gasteiger partial charge in [0.05, 0.1) is 12.6 Å². The van der Waals surface area contributed by atoms with Crippen LogP contribution in [0, 0.1) is 0 Å². The van der Waals surface area contributed by atoms with Gasteiger partial charge in [-0.2, -0.15) is 0 Å². The van der Waals surface area contributed by atoms with Crippen LogP contribution in [0.2, 0.25) is 0 Å². The third-order valence-electron chi connectivity index (χ3n) is 4.73. The number of benzene rings is 1. The Balaban J connectivity index is 1.59. The highest BCUT2D eigenvalue weighted by atomic mass is 16.5. The molecule has 1 aromatic carbocycles. The maximum Gasteiger partial charge on any atom is 0.240 e. The van der Waals surface area contributed by atoms with Crippen LogP contribution in [-0.2, 0) is 11.3 Å². The number of rotatable bonds is 6. The SMILES string of the molecule is COc1ccc(Oc2cc(CNC(=O)C3(N)CCCCC3)ccn2)cc1. The van der Waals surface area contributed by atoms with Crippen LogP contribution in [0.5, 0.6) is 17.4 Å². The van der Waals surface area contributed by atoms with Crippen LogP contribution in [0.25, 0.3) is 0 Å². The second-order valence-electron chi connectivity index (χ2n) is 6.68. The molecular formula is C20H25N3O3. The van der Waals surface area contributed by atoms with E-state index in [1.54, 1.807) is 13.3 Å². The fourth-order valence-corrected chi connectivity index (χ4v) is 3.15. The molecule has 0 atom stereocenters. The van der Waals surface area contributed by atoms with Crippen molar-refractivity contribution in [2.24, 2.45) is 5.73 Å². The van der Waals surface area contributed by atoms with Crippen LogP contribution in [0.15, 0.2) is 42.6 Å². The third kappa shape index (κ3) is 4.52. The summed E-state index contributed by atoms with van der Waals surface area (Å²) in [5.74, 6) is 1.83. The van der Waals surface area contributed by atoms with Crippen molar-refractivity contribution in [3.63, 3.8) is 0 Å². The molecule has 26 heavy (non-hydrogen) atoms. The fourth-order valence-electron chi connectivity index (χ4n) is 3.15. The van der Waals surface area contributed by atoms with Gasteiger partial charge in [0.2, 0.25) is 11.8 Å². The number of carbonyl (C=O) groups is 1. The molecule has 1 aliphatic carbocycles. The Kier molecular flexibility index (Phi) is 5.73. The highest BCUT2D eigenvalue weighted by Crippen LogP contribution is 2.26. The number of carbonyl (C=O) groups excluding carboxylic acids is 1. The van der Waals surface area contributed by atoms with Gasteiger partial charge in [0.15, 0.2) is 0 Å². The zero-order chi connectivity index (χ0) is 18.4. The molecule has 6 nitrogen and oxygen atoms in total. The fraction of sp³-hybridized carbons (Fsp3) is 0.400. The van der Waals surface area contributed by atoms with Gasteiger partial charge in [0, 0.05) is 18.8 Å². The Bertz CT molecular complexity index is 740. The second kappa shape index (κ2) is 8.19. The van der Waals surface area contributed by atoms with Crippen molar-refractivity contribution in [3.05, 3.63) is 48.2 Å². The molecule has 0 spiro atoms. The molecule has 0 unspecified atom stereocenters. The molecule has 1 aromatic heterocycles. The van der Waals surface area contributed by atoms with Gasteiger partial charge in [0.25, 0.3) is 0 Å². The molecular weight excluding hydrogens is 330 g/mol. The summed E-state index contributed by atoms with van der Waals surface area (Å²) in [6.45, 7) is 0.402. The number of methoxy groups -OCH3 is 1. The van der Waals surface area contributed by atoms with Gasteiger partial charge in [-0.3, -0.25) is 4.79 Å². The molecule has 1 heterocycles. The number of aromatic nitrogens is 1. The Labute approximate surface area is 153 Å². The number of nitrogens with zero attached hydrogens (tertiary/aromatic N) is 1. The van der Waals surface area contributed by atoms with E-state index >= 15 is 0 Å². The van der Waals surface area contributed by atoms with Gasteiger partial charge in [-0.15, -0.1) is 0 Å². The van der Waals surface area contributed by atoms with Crippen LogP contribution in [0.4, 0.5) is 0 Å². The Morgan fingerprint density at radius 3 is 2.54 bits per heavy atom. The normalized spacial score (nSPS) is 15.9. The number of pyridine rings is 1. The number of hydrogen-bond acceptors (Lipinski definition) is 5. The molecule has 1 amide bonds. The Hall–Kier alpha value is -2.60. The number of amides is 1. The molecule has 3 N–H and O–H groups in total. The van der Waals surface area contributed by atoms with Crippen LogP contribution in [-0.4, -0.2) is 23.5 Å². The first-order valence-corrected chi connectivity index (χ1v) is 8.93. The van der Waals surface area contributed by atoms with Crippen molar-refractivity contribution in [1.82, 2.24) is 10.3 Å². The maximum atomic E-state index is 12.4. The first kappa shape index (κ1) is 18.2. The quantitative estimate of drug-likeness (QED) is 0.831. The largest absolute Gasteiger partial charge is 0.497 e. The minimum absolute atomic E-state index is 0.0772. The van der Waals surface area contributed by atoms with Crippen molar-refractivity contribution < 1.29 is 14.3 Å². The lowest BCUT2D eigenvalue weighted by Gasteiger charge is -2.31. The van der Waals surface area contributed by atoms with E-state index in [1.165, 1.54) is 0 Å². The minimum atomic E-state index is -0.728. The van der Waals surface area contributed by atoms with Crippen LogP contribution in [0.3, 0.4) is 0 Å². The third-order valence-corrected chi connectivity index (χ3v) is 4.73. The lowest BCUT2D eigenvalue weighted by molar-refractivity contribution is -0.127. The van der Waals surface area contributed by atoms with E-state index in [9.17, 15) is 4.79 Å². The Morgan fingerprint density at radius 2 is 1.85 bits per heavy atom. The van der Waals surface area contributed by atoms with Crippen molar-refractivity contribution >= 4 is 5.91 Å². The molecule has 3 rings (SSSR count). The predicted molar refractivity (Wildman–Crippen MR) is 99.2 cm³/mol. The van der Waals surface area contributed by atoms with E-state index in [1.807, 2.05) is 36.4 Å². The van der Waals surface area contributed by atoms with Gasteiger partial charge in [0.1, 0.15) is 11.5 Å². The summed E-state index contributed by atoms with van der Waals surface area (Å²) < 4.78 is 10.9. The topological polar surface area (TPSA) is 86.5 Å². The average molecular weight is 355 g/mol. The van der Waals surface area contributed by atoms with E-state index < -0.39 is 5.54 Å². The van der Waals surface area contributed by atoms with Gasteiger partial charge < -0.3 is 20.5 Å². The summed E-state index contributed by atoms with van der Waals surface area (Å²) in [5.41, 5.74) is 6.45. The summed E-state index contributed by atoms with van der Waals surface area (Å²) in [6, 6.07) is 10.9. The smallest absolute Gasteiger partial charge is 0.240 e. The molecule has 1 saturated carbocycles. The first-order chi connectivity index (χ1) is 12.6. The minimum Gasteiger partial charge on any atom is -0.497 e. The summed E-state index contributed by atoms with van der Waals surface area (Å²) >= 11 is 0. The summed E-state index contributed by atoms with van der Waals surface area (Å²) in [6.07, 6.45) is 6.35. The van der Waals surface area contributed by atoms with Crippen molar-refractivity contribution in [1.29, 1.82) is 0 Å². The lowest BCUT2D eigenvalue weighted by Crippen LogP contribution is -2.54. The van der Waals surface area contributed by atoms with Gasteiger partial charge >= 0.3 is 0 Å². The maximum absolute atomic E-state index is 12.4. The number of hydrogen-bond donors (Lipinski definition) is 2. The van der Waals surface area contributed by atoms with E-state index in [2.05, 4.69) is 10.3 Å². The summed E-state index contributed by atoms with van der Waals surface area (Å²) in [7, 11) is 1.62. The summed E-state index contributed by atoms with van der Waals surface area (Å²) in [4.78, 5) is 16.7. The monoisotopic (exact) mass is 355 g/mol. The molecule has 0 saturated heterocycles. The van der Waals surface area contributed by atoms with E-state index in [-0.39, 0.29) is 5.91 Å². The van der Waals surface area contributed by atoms with E-state index in [4.69, 9.17) is 15.2 Å². The second-order valence-corrected chi connectivity index (χ2v) is 6.68. The Morgan fingerprint density at radius 1 is 1.15 bits per heavy atom.